The van der Waals surface area contributed by atoms with Crippen molar-refractivity contribution < 1.29 is 14.3 Å². The molecule has 26 heavy (non-hydrogen) atoms. The van der Waals surface area contributed by atoms with E-state index in [1.54, 1.807) is 6.08 Å². The van der Waals surface area contributed by atoms with Crippen LogP contribution in [0, 0.1) is 0 Å². The molecule has 2 aromatic carbocycles. The van der Waals surface area contributed by atoms with E-state index in [2.05, 4.69) is 10.6 Å². The molecular formula is C21H24N2O3. The number of carbonyl (C=O) groups is 2. The number of hydrogen-bond acceptors (Lipinski definition) is 3. The van der Waals surface area contributed by atoms with E-state index in [9.17, 15) is 9.59 Å². The van der Waals surface area contributed by atoms with Crippen molar-refractivity contribution in [1.29, 1.82) is 0 Å². The molecule has 0 aliphatic rings. The Morgan fingerprint density at radius 3 is 2.31 bits per heavy atom. The Kier molecular flexibility index (Phi) is 7.58. The van der Waals surface area contributed by atoms with E-state index < -0.39 is 0 Å². The summed E-state index contributed by atoms with van der Waals surface area (Å²) in [6.45, 7) is 4.81. The van der Waals surface area contributed by atoms with E-state index in [1.165, 1.54) is 6.92 Å². The molecule has 0 saturated heterocycles. The van der Waals surface area contributed by atoms with Gasteiger partial charge in [0.25, 0.3) is 5.91 Å². The smallest absolute Gasteiger partial charge is 0.268 e. The van der Waals surface area contributed by atoms with Crippen LogP contribution in [0.4, 0.5) is 0 Å². The highest BCUT2D eigenvalue weighted by atomic mass is 16.5. The van der Waals surface area contributed by atoms with Gasteiger partial charge < -0.3 is 15.4 Å². The van der Waals surface area contributed by atoms with E-state index in [0.29, 0.717) is 19.8 Å². The van der Waals surface area contributed by atoms with Crippen molar-refractivity contribution in [2.24, 2.45) is 0 Å². The highest BCUT2D eigenvalue weighted by Gasteiger charge is 2.12. The SMILES string of the molecule is CCOCc1ccccc1CNC(=O)/C(=C/c1ccccc1)NC(C)=O. The third-order valence-corrected chi connectivity index (χ3v) is 3.69. The van der Waals surface area contributed by atoms with E-state index in [1.807, 2.05) is 61.5 Å². The first-order valence-electron chi connectivity index (χ1n) is 8.57. The lowest BCUT2D eigenvalue weighted by Crippen LogP contribution is -2.33. The lowest BCUT2D eigenvalue weighted by molar-refractivity contribution is -0.122. The predicted octanol–water partition coefficient (Wildman–Crippen LogP) is 3.02. The zero-order valence-corrected chi connectivity index (χ0v) is 15.1. The second-order valence-corrected chi connectivity index (χ2v) is 5.74. The maximum atomic E-state index is 12.6. The van der Waals surface area contributed by atoms with Gasteiger partial charge >= 0.3 is 0 Å². The van der Waals surface area contributed by atoms with Gasteiger partial charge in [0.15, 0.2) is 0 Å². The van der Waals surface area contributed by atoms with Crippen LogP contribution >= 0.6 is 0 Å². The third-order valence-electron chi connectivity index (χ3n) is 3.69. The molecule has 0 bridgehead atoms. The first kappa shape index (κ1) is 19.4. The van der Waals surface area contributed by atoms with Crippen molar-refractivity contribution in [1.82, 2.24) is 10.6 Å². The first-order valence-corrected chi connectivity index (χ1v) is 8.57. The number of ether oxygens (including phenoxy) is 1. The Balaban J connectivity index is 2.10. The number of hydrogen-bond donors (Lipinski definition) is 2. The molecule has 5 heteroatoms. The van der Waals surface area contributed by atoms with Crippen LogP contribution in [0.2, 0.25) is 0 Å². The number of rotatable bonds is 8. The lowest BCUT2D eigenvalue weighted by atomic mass is 10.1. The van der Waals surface area contributed by atoms with E-state index in [-0.39, 0.29) is 17.5 Å². The van der Waals surface area contributed by atoms with E-state index in [0.717, 1.165) is 16.7 Å². The van der Waals surface area contributed by atoms with Crippen LogP contribution in [0.3, 0.4) is 0 Å². The highest BCUT2D eigenvalue weighted by molar-refractivity contribution is 6.00. The quantitative estimate of drug-likeness (QED) is 0.718. The number of amides is 2. The summed E-state index contributed by atoms with van der Waals surface area (Å²) in [5.41, 5.74) is 3.06. The molecule has 0 atom stereocenters. The minimum absolute atomic E-state index is 0.214. The average Bonchev–Trinajstić information content (AvgIpc) is 2.65. The van der Waals surface area contributed by atoms with Crippen molar-refractivity contribution in [3.8, 4) is 0 Å². The van der Waals surface area contributed by atoms with Gasteiger partial charge in [-0.15, -0.1) is 0 Å². The molecule has 2 rings (SSSR count). The zero-order chi connectivity index (χ0) is 18.8. The molecular weight excluding hydrogens is 328 g/mol. The molecule has 0 aromatic heterocycles. The fraction of sp³-hybridized carbons (Fsp3) is 0.238. The van der Waals surface area contributed by atoms with Crippen LogP contribution in [-0.2, 0) is 27.5 Å². The Morgan fingerprint density at radius 2 is 1.65 bits per heavy atom. The van der Waals surface area contributed by atoms with Gasteiger partial charge in [0.2, 0.25) is 5.91 Å². The Labute approximate surface area is 154 Å². The number of benzene rings is 2. The summed E-state index contributed by atoms with van der Waals surface area (Å²) in [5, 5.41) is 5.46. The van der Waals surface area contributed by atoms with Crippen LogP contribution in [-0.4, -0.2) is 18.4 Å². The second kappa shape index (κ2) is 10.2. The van der Waals surface area contributed by atoms with Gasteiger partial charge in [0.1, 0.15) is 5.70 Å². The summed E-state index contributed by atoms with van der Waals surface area (Å²) in [4.78, 5) is 24.0. The minimum Gasteiger partial charge on any atom is -0.377 e. The van der Waals surface area contributed by atoms with Crippen molar-refractivity contribution in [3.05, 3.63) is 77.0 Å². The van der Waals surface area contributed by atoms with Crippen LogP contribution in [0.15, 0.2) is 60.3 Å². The van der Waals surface area contributed by atoms with Gasteiger partial charge in [-0.3, -0.25) is 9.59 Å². The van der Waals surface area contributed by atoms with Crippen LogP contribution < -0.4 is 10.6 Å². The molecule has 136 valence electrons. The molecule has 0 unspecified atom stereocenters. The van der Waals surface area contributed by atoms with Crippen LogP contribution in [0.5, 0.6) is 0 Å². The molecule has 5 nitrogen and oxygen atoms in total. The third kappa shape index (κ3) is 6.18. The predicted molar refractivity (Wildman–Crippen MR) is 102 cm³/mol. The molecule has 0 radical (unpaired) electrons. The fourth-order valence-electron chi connectivity index (χ4n) is 2.42. The average molecular weight is 352 g/mol. The summed E-state index contributed by atoms with van der Waals surface area (Å²) in [5.74, 6) is -0.630. The molecule has 2 aromatic rings. The first-order chi connectivity index (χ1) is 12.6. The normalized spacial score (nSPS) is 11.1. The number of nitrogens with one attached hydrogen (secondary N) is 2. The molecule has 0 spiro atoms. The molecule has 0 fully saturated rings. The van der Waals surface area contributed by atoms with Crippen LogP contribution in [0.25, 0.3) is 6.08 Å². The van der Waals surface area contributed by atoms with Gasteiger partial charge in [0.05, 0.1) is 6.61 Å². The molecule has 0 aliphatic carbocycles. The van der Waals surface area contributed by atoms with E-state index in [4.69, 9.17) is 4.74 Å². The van der Waals surface area contributed by atoms with Crippen molar-refractivity contribution in [2.75, 3.05) is 6.61 Å². The van der Waals surface area contributed by atoms with E-state index >= 15 is 0 Å². The molecule has 0 heterocycles. The zero-order valence-electron chi connectivity index (χ0n) is 15.1. The lowest BCUT2D eigenvalue weighted by Gasteiger charge is -2.12. The summed E-state index contributed by atoms with van der Waals surface area (Å²) in [7, 11) is 0. The summed E-state index contributed by atoms with van der Waals surface area (Å²) < 4.78 is 5.47. The largest absolute Gasteiger partial charge is 0.377 e. The fourth-order valence-corrected chi connectivity index (χ4v) is 2.42. The maximum absolute atomic E-state index is 12.6. The minimum atomic E-state index is -0.338. The van der Waals surface area contributed by atoms with Gasteiger partial charge in [-0.1, -0.05) is 54.6 Å². The molecule has 2 amide bonds. The van der Waals surface area contributed by atoms with Crippen LogP contribution in [0.1, 0.15) is 30.5 Å². The Morgan fingerprint density at radius 1 is 1.00 bits per heavy atom. The Bertz CT molecular complexity index is 770. The number of carbonyl (C=O) groups excluding carboxylic acids is 2. The molecule has 0 saturated carbocycles. The summed E-state index contributed by atoms with van der Waals surface area (Å²) >= 11 is 0. The summed E-state index contributed by atoms with van der Waals surface area (Å²) in [6, 6.07) is 17.2. The van der Waals surface area contributed by atoms with Crippen molar-refractivity contribution >= 4 is 17.9 Å². The van der Waals surface area contributed by atoms with Gasteiger partial charge in [0, 0.05) is 20.1 Å². The van der Waals surface area contributed by atoms with Gasteiger partial charge in [-0.05, 0) is 29.7 Å². The van der Waals surface area contributed by atoms with Crippen molar-refractivity contribution in [2.45, 2.75) is 27.0 Å². The molecule has 0 aliphatic heterocycles. The van der Waals surface area contributed by atoms with Crippen molar-refractivity contribution in [3.63, 3.8) is 0 Å². The summed E-state index contributed by atoms with van der Waals surface area (Å²) in [6.07, 6.45) is 1.66. The monoisotopic (exact) mass is 352 g/mol. The topological polar surface area (TPSA) is 67.4 Å². The standard InChI is InChI=1S/C21H24N2O3/c1-3-26-15-19-12-8-7-11-18(19)14-22-21(25)20(23-16(2)24)13-17-9-5-4-6-10-17/h4-13H,3,14-15H2,1-2H3,(H,22,25)(H,23,24)/b20-13-. The second-order valence-electron chi connectivity index (χ2n) is 5.74. The Hall–Kier alpha value is -2.92. The highest BCUT2D eigenvalue weighted by Crippen LogP contribution is 2.11. The molecule has 2 N–H and O–H groups in total. The van der Waals surface area contributed by atoms with Gasteiger partial charge in [-0.2, -0.15) is 0 Å². The van der Waals surface area contributed by atoms with Gasteiger partial charge in [-0.25, -0.2) is 0 Å². The maximum Gasteiger partial charge on any atom is 0.268 e.